The van der Waals surface area contributed by atoms with Crippen molar-refractivity contribution in [2.24, 2.45) is 5.92 Å². The van der Waals surface area contributed by atoms with Gasteiger partial charge in [-0.15, -0.1) is 0 Å². The number of amides is 1. The molecule has 0 spiro atoms. The summed E-state index contributed by atoms with van der Waals surface area (Å²) in [5.74, 6) is -0.381. The highest BCUT2D eigenvalue weighted by molar-refractivity contribution is 7.88. The van der Waals surface area contributed by atoms with Gasteiger partial charge in [0.25, 0.3) is 0 Å². The second kappa shape index (κ2) is 6.15. The van der Waals surface area contributed by atoms with E-state index in [4.69, 9.17) is 0 Å². The van der Waals surface area contributed by atoms with Gasteiger partial charge in [-0.1, -0.05) is 18.2 Å². The van der Waals surface area contributed by atoms with Gasteiger partial charge in [0.2, 0.25) is 15.9 Å². The zero-order chi connectivity index (χ0) is 15.6. The van der Waals surface area contributed by atoms with Gasteiger partial charge in [-0.25, -0.2) is 12.7 Å². The molecule has 0 saturated carbocycles. The van der Waals surface area contributed by atoms with Crippen LogP contribution in [0.15, 0.2) is 18.2 Å². The molecule has 116 valence electrons. The molecule has 1 aromatic rings. The Morgan fingerprint density at radius 3 is 2.48 bits per heavy atom. The Hall–Kier alpha value is -1.40. The molecule has 0 unspecified atom stereocenters. The quantitative estimate of drug-likeness (QED) is 0.927. The zero-order valence-electron chi connectivity index (χ0n) is 12.7. The van der Waals surface area contributed by atoms with Gasteiger partial charge in [-0.05, 0) is 37.8 Å². The van der Waals surface area contributed by atoms with Crippen LogP contribution in [-0.2, 0) is 14.8 Å². The maximum atomic E-state index is 12.4. The van der Waals surface area contributed by atoms with Crippen molar-refractivity contribution in [3.63, 3.8) is 0 Å². The lowest BCUT2D eigenvalue weighted by Crippen LogP contribution is -2.43. The fourth-order valence-corrected chi connectivity index (χ4v) is 3.61. The Kier molecular flexibility index (Phi) is 4.68. The van der Waals surface area contributed by atoms with Crippen LogP contribution in [0.4, 0.5) is 5.69 Å². The Balaban J connectivity index is 2.10. The third-order valence-corrected chi connectivity index (χ3v) is 5.22. The van der Waals surface area contributed by atoms with Crippen molar-refractivity contribution in [2.75, 3.05) is 24.7 Å². The summed E-state index contributed by atoms with van der Waals surface area (Å²) >= 11 is 0. The van der Waals surface area contributed by atoms with Crippen molar-refractivity contribution >= 4 is 21.6 Å². The average Bonchev–Trinajstić information content (AvgIpc) is 2.42. The molecule has 0 aliphatic carbocycles. The van der Waals surface area contributed by atoms with Crippen molar-refractivity contribution < 1.29 is 13.2 Å². The van der Waals surface area contributed by atoms with Crippen LogP contribution in [0.3, 0.4) is 0 Å². The molecule has 6 heteroatoms. The number of nitrogens with one attached hydrogen (secondary N) is 1. The third-order valence-electron chi connectivity index (χ3n) is 3.95. The van der Waals surface area contributed by atoms with Crippen LogP contribution in [-0.4, -0.2) is 38.0 Å². The van der Waals surface area contributed by atoms with E-state index >= 15 is 0 Å². The van der Waals surface area contributed by atoms with E-state index in [2.05, 4.69) is 5.32 Å². The predicted octanol–water partition coefficient (Wildman–Crippen LogP) is 1.91. The van der Waals surface area contributed by atoms with Gasteiger partial charge in [-0.3, -0.25) is 4.79 Å². The fourth-order valence-electron chi connectivity index (χ4n) is 2.69. The number of anilines is 1. The van der Waals surface area contributed by atoms with Gasteiger partial charge in [-0.2, -0.15) is 0 Å². The molecule has 0 radical (unpaired) electrons. The Labute approximate surface area is 126 Å². The minimum atomic E-state index is -3.23. The molecule has 1 heterocycles. The van der Waals surface area contributed by atoms with Crippen molar-refractivity contribution in [1.29, 1.82) is 0 Å². The molecule has 21 heavy (non-hydrogen) atoms. The molecule has 1 atom stereocenters. The smallest absolute Gasteiger partial charge is 0.228 e. The van der Waals surface area contributed by atoms with Crippen molar-refractivity contribution in [2.45, 2.75) is 26.7 Å². The summed E-state index contributed by atoms with van der Waals surface area (Å²) in [5.41, 5.74) is 2.86. The van der Waals surface area contributed by atoms with Gasteiger partial charge in [0, 0.05) is 18.8 Å². The lowest BCUT2D eigenvalue weighted by Gasteiger charge is -2.30. The van der Waals surface area contributed by atoms with Gasteiger partial charge >= 0.3 is 0 Å². The Morgan fingerprint density at radius 1 is 1.29 bits per heavy atom. The zero-order valence-corrected chi connectivity index (χ0v) is 13.5. The molecular formula is C15H22N2O3S. The molecule has 0 bridgehead atoms. The number of hydrogen-bond acceptors (Lipinski definition) is 3. The normalized spacial score (nSPS) is 20.2. The molecule has 2 rings (SSSR count). The standard InChI is InChI=1S/C15H22N2O3S/c1-11-6-4-7-12(2)14(11)16-15(18)13-8-5-9-17(10-13)21(3,19)20/h4,6-7,13H,5,8-10H2,1-3H3,(H,16,18)/t13-/m1/s1. The largest absolute Gasteiger partial charge is 0.325 e. The molecule has 5 nitrogen and oxygen atoms in total. The summed E-state index contributed by atoms with van der Waals surface area (Å²) in [4.78, 5) is 12.4. The molecule has 1 saturated heterocycles. The summed E-state index contributed by atoms with van der Waals surface area (Å²) in [6.45, 7) is 4.68. The predicted molar refractivity (Wildman–Crippen MR) is 83.7 cm³/mol. The number of hydrogen-bond donors (Lipinski definition) is 1. The van der Waals surface area contributed by atoms with Crippen LogP contribution in [0.25, 0.3) is 0 Å². The van der Waals surface area contributed by atoms with E-state index in [0.29, 0.717) is 6.54 Å². The second-order valence-electron chi connectivity index (χ2n) is 5.72. The minimum Gasteiger partial charge on any atom is -0.325 e. The number of carbonyl (C=O) groups is 1. The topological polar surface area (TPSA) is 66.5 Å². The van der Waals surface area contributed by atoms with Crippen LogP contribution < -0.4 is 5.32 Å². The number of nitrogens with zero attached hydrogens (tertiary/aromatic N) is 1. The highest BCUT2D eigenvalue weighted by atomic mass is 32.2. The summed E-state index contributed by atoms with van der Waals surface area (Å²) in [7, 11) is -3.23. The minimum absolute atomic E-state index is 0.0965. The molecule has 1 aliphatic rings. The van der Waals surface area contributed by atoms with Crippen LogP contribution >= 0.6 is 0 Å². The number of benzene rings is 1. The summed E-state index contributed by atoms with van der Waals surface area (Å²) in [5, 5.41) is 2.96. The second-order valence-corrected chi connectivity index (χ2v) is 7.70. The third kappa shape index (κ3) is 3.83. The van der Waals surface area contributed by atoms with Gasteiger partial charge in [0.1, 0.15) is 0 Å². The van der Waals surface area contributed by atoms with E-state index in [1.807, 2.05) is 32.0 Å². The maximum absolute atomic E-state index is 12.4. The van der Waals surface area contributed by atoms with E-state index < -0.39 is 10.0 Å². The van der Waals surface area contributed by atoms with Crippen molar-refractivity contribution in [1.82, 2.24) is 4.31 Å². The number of carbonyl (C=O) groups excluding carboxylic acids is 1. The first-order chi connectivity index (χ1) is 9.79. The number of sulfonamides is 1. The summed E-state index contributed by atoms with van der Waals surface area (Å²) < 4.78 is 24.6. The number of aryl methyl sites for hydroxylation is 2. The summed E-state index contributed by atoms with van der Waals surface area (Å²) in [6.07, 6.45) is 2.64. The van der Waals surface area contributed by atoms with Crippen molar-refractivity contribution in [3.8, 4) is 0 Å². The SMILES string of the molecule is Cc1cccc(C)c1NC(=O)[C@@H]1CCCN(S(C)(=O)=O)C1. The molecule has 1 fully saturated rings. The van der Waals surface area contributed by atoms with Gasteiger partial charge in [0.05, 0.1) is 12.2 Å². The molecule has 1 N–H and O–H groups in total. The monoisotopic (exact) mass is 310 g/mol. The first kappa shape index (κ1) is 16.0. The van der Waals surface area contributed by atoms with E-state index in [1.165, 1.54) is 10.6 Å². The molecule has 1 aromatic carbocycles. The van der Waals surface area contributed by atoms with E-state index in [0.717, 1.165) is 29.7 Å². The molecule has 1 aliphatic heterocycles. The number of piperidine rings is 1. The molecule has 0 aromatic heterocycles. The first-order valence-electron chi connectivity index (χ1n) is 7.11. The Morgan fingerprint density at radius 2 is 1.90 bits per heavy atom. The van der Waals surface area contributed by atoms with E-state index in [9.17, 15) is 13.2 Å². The average molecular weight is 310 g/mol. The van der Waals surface area contributed by atoms with E-state index in [1.54, 1.807) is 0 Å². The highest BCUT2D eigenvalue weighted by Crippen LogP contribution is 2.23. The van der Waals surface area contributed by atoms with Crippen LogP contribution in [0.1, 0.15) is 24.0 Å². The van der Waals surface area contributed by atoms with Gasteiger partial charge < -0.3 is 5.32 Å². The van der Waals surface area contributed by atoms with Crippen LogP contribution in [0.2, 0.25) is 0 Å². The van der Waals surface area contributed by atoms with Gasteiger partial charge in [0.15, 0.2) is 0 Å². The number of para-hydroxylation sites is 1. The Bertz CT molecular complexity index is 620. The fraction of sp³-hybridized carbons (Fsp3) is 0.533. The maximum Gasteiger partial charge on any atom is 0.228 e. The first-order valence-corrected chi connectivity index (χ1v) is 8.96. The highest BCUT2D eigenvalue weighted by Gasteiger charge is 2.30. The molecule has 1 amide bonds. The van der Waals surface area contributed by atoms with Crippen LogP contribution in [0.5, 0.6) is 0 Å². The lowest BCUT2D eigenvalue weighted by atomic mass is 9.98. The lowest BCUT2D eigenvalue weighted by molar-refractivity contribution is -0.120. The van der Waals surface area contributed by atoms with Crippen LogP contribution in [0, 0.1) is 19.8 Å². The molecular weight excluding hydrogens is 288 g/mol. The summed E-state index contributed by atoms with van der Waals surface area (Å²) in [6, 6.07) is 5.85. The van der Waals surface area contributed by atoms with Crippen molar-refractivity contribution in [3.05, 3.63) is 29.3 Å². The van der Waals surface area contributed by atoms with E-state index in [-0.39, 0.29) is 18.4 Å². The number of rotatable bonds is 3.